The Morgan fingerprint density at radius 2 is 2.06 bits per heavy atom. The molecule has 0 spiro atoms. The summed E-state index contributed by atoms with van der Waals surface area (Å²) in [6, 6.07) is 3.57. The predicted molar refractivity (Wildman–Crippen MR) is 65.2 cm³/mol. The molecule has 0 aliphatic heterocycles. The normalized spacial score (nSPS) is 14.5. The molecule has 0 radical (unpaired) electrons. The van der Waals surface area contributed by atoms with E-state index in [9.17, 15) is 8.78 Å². The molecule has 0 aliphatic rings. The van der Waals surface area contributed by atoms with Crippen molar-refractivity contribution >= 4 is 0 Å². The van der Waals surface area contributed by atoms with Gasteiger partial charge in [0, 0.05) is 20.3 Å². The van der Waals surface area contributed by atoms with Crippen LogP contribution in [-0.4, -0.2) is 32.0 Å². The van der Waals surface area contributed by atoms with Crippen LogP contribution in [0.15, 0.2) is 18.2 Å². The summed E-state index contributed by atoms with van der Waals surface area (Å²) in [4.78, 5) is 0. The van der Waals surface area contributed by atoms with Crippen molar-refractivity contribution in [3.05, 3.63) is 35.4 Å². The van der Waals surface area contributed by atoms with Crippen LogP contribution in [0, 0.1) is 17.6 Å². The molecule has 1 rings (SSSR count). The summed E-state index contributed by atoms with van der Waals surface area (Å²) in [5.74, 6) is -1.64. The van der Waals surface area contributed by atoms with Gasteiger partial charge in [-0.15, -0.1) is 0 Å². The Labute approximate surface area is 106 Å². The maximum absolute atomic E-state index is 13.2. The lowest BCUT2D eigenvalue weighted by Gasteiger charge is -2.20. The monoisotopic (exact) mass is 259 g/mol. The number of rotatable bonds is 7. The fourth-order valence-corrected chi connectivity index (χ4v) is 1.58. The van der Waals surface area contributed by atoms with Gasteiger partial charge in [-0.05, 0) is 23.6 Å². The van der Waals surface area contributed by atoms with Gasteiger partial charge in [0.1, 0.15) is 0 Å². The molecule has 3 nitrogen and oxygen atoms in total. The molecule has 1 aromatic carbocycles. The highest BCUT2D eigenvalue weighted by molar-refractivity contribution is 5.21. The van der Waals surface area contributed by atoms with Crippen LogP contribution < -0.4 is 5.32 Å². The number of ether oxygens (including phenoxy) is 1. The van der Waals surface area contributed by atoms with E-state index in [1.807, 2.05) is 6.92 Å². The van der Waals surface area contributed by atoms with Crippen LogP contribution in [0.3, 0.4) is 0 Å². The Morgan fingerprint density at radius 1 is 1.33 bits per heavy atom. The second-order valence-corrected chi connectivity index (χ2v) is 4.38. The Hall–Kier alpha value is -1.04. The van der Waals surface area contributed by atoms with Crippen molar-refractivity contribution < 1.29 is 18.6 Å². The van der Waals surface area contributed by atoms with Crippen LogP contribution >= 0.6 is 0 Å². The summed E-state index contributed by atoms with van der Waals surface area (Å²) in [5, 5.41) is 12.1. The Kier molecular flexibility index (Phi) is 6.18. The molecule has 2 atom stereocenters. The number of aliphatic hydroxyl groups excluding tert-OH is 1. The van der Waals surface area contributed by atoms with Crippen molar-refractivity contribution in [2.45, 2.75) is 13.0 Å². The Bertz CT molecular complexity index is 374. The Morgan fingerprint density at radius 3 is 2.61 bits per heavy atom. The first-order valence-corrected chi connectivity index (χ1v) is 5.86. The first kappa shape index (κ1) is 15.0. The molecule has 0 saturated carbocycles. The van der Waals surface area contributed by atoms with Crippen LogP contribution in [0.1, 0.15) is 18.5 Å². The topological polar surface area (TPSA) is 41.5 Å². The minimum atomic E-state index is -0.870. The molecule has 2 N–H and O–H groups in total. The third-order valence-electron chi connectivity index (χ3n) is 2.70. The van der Waals surface area contributed by atoms with Gasteiger partial charge in [-0.25, -0.2) is 8.78 Å². The molecule has 0 bridgehead atoms. The van der Waals surface area contributed by atoms with Crippen molar-refractivity contribution in [1.82, 2.24) is 5.32 Å². The second-order valence-electron chi connectivity index (χ2n) is 4.38. The number of methoxy groups -OCH3 is 1. The number of benzene rings is 1. The summed E-state index contributed by atoms with van der Waals surface area (Å²) in [7, 11) is 1.55. The molecular formula is C13H19F2NO2. The highest BCUT2D eigenvalue weighted by atomic mass is 19.2. The van der Waals surface area contributed by atoms with E-state index in [4.69, 9.17) is 9.84 Å². The fraction of sp³-hybridized carbons (Fsp3) is 0.538. The maximum Gasteiger partial charge on any atom is 0.159 e. The van der Waals surface area contributed by atoms with Gasteiger partial charge in [0.25, 0.3) is 0 Å². The highest BCUT2D eigenvalue weighted by Crippen LogP contribution is 2.17. The van der Waals surface area contributed by atoms with E-state index in [1.54, 1.807) is 7.11 Å². The molecule has 0 amide bonds. The number of hydrogen-bond donors (Lipinski definition) is 2. The predicted octanol–water partition coefficient (Wildman–Crippen LogP) is 1.87. The number of aliphatic hydroxyl groups is 1. The second kappa shape index (κ2) is 7.41. The molecule has 0 aromatic heterocycles. The molecular weight excluding hydrogens is 240 g/mol. The molecule has 5 heteroatoms. The van der Waals surface area contributed by atoms with Crippen molar-refractivity contribution in [2.75, 3.05) is 26.9 Å². The SMILES string of the molecule is COCC(NCC(C)CO)c1ccc(F)c(F)c1. The van der Waals surface area contributed by atoms with Crippen LogP contribution in [0.25, 0.3) is 0 Å². The minimum absolute atomic E-state index is 0.0739. The summed E-state index contributed by atoms with van der Waals surface area (Å²) in [6.45, 7) is 2.89. The summed E-state index contributed by atoms with van der Waals surface area (Å²) in [6.07, 6.45) is 0. The quantitative estimate of drug-likeness (QED) is 0.785. The van der Waals surface area contributed by atoms with Crippen molar-refractivity contribution in [1.29, 1.82) is 0 Å². The van der Waals surface area contributed by atoms with Crippen LogP contribution in [0.2, 0.25) is 0 Å². The van der Waals surface area contributed by atoms with Crippen LogP contribution in [0.4, 0.5) is 8.78 Å². The largest absolute Gasteiger partial charge is 0.396 e. The molecule has 102 valence electrons. The molecule has 0 saturated heterocycles. The molecule has 2 unspecified atom stereocenters. The lowest BCUT2D eigenvalue weighted by Crippen LogP contribution is -2.30. The van der Waals surface area contributed by atoms with Crippen LogP contribution in [0.5, 0.6) is 0 Å². The zero-order valence-corrected chi connectivity index (χ0v) is 10.6. The lowest BCUT2D eigenvalue weighted by molar-refractivity contribution is 0.159. The third-order valence-corrected chi connectivity index (χ3v) is 2.70. The van der Waals surface area contributed by atoms with Crippen molar-refractivity contribution in [3.63, 3.8) is 0 Å². The van der Waals surface area contributed by atoms with E-state index in [-0.39, 0.29) is 18.6 Å². The van der Waals surface area contributed by atoms with E-state index in [1.165, 1.54) is 6.07 Å². The van der Waals surface area contributed by atoms with E-state index < -0.39 is 11.6 Å². The van der Waals surface area contributed by atoms with Gasteiger partial charge >= 0.3 is 0 Å². The first-order chi connectivity index (χ1) is 8.58. The van der Waals surface area contributed by atoms with Gasteiger partial charge in [0.2, 0.25) is 0 Å². The molecule has 18 heavy (non-hydrogen) atoms. The van der Waals surface area contributed by atoms with Gasteiger partial charge in [0.15, 0.2) is 11.6 Å². The van der Waals surface area contributed by atoms with Gasteiger partial charge in [-0.3, -0.25) is 0 Å². The average molecular weight is 259 g/mol. The summed E-state index contributed by atoms with van der Waals surface area (Å²) < 4.78 is 31.1. The molecule has 0 fully saturated rings. The molecule has 0 heterocycles. The highest BCUT2D eigenvalue weighted by Gasteiger charge is 2.14. The first-order valence-electron chi connectivity index (χ1n) is 5.86. The van der Waals surface area contributed by atoms with Crippen molar-refractivity contribution in [3.8, 4) is 0 Å². The Balaban J connectivity index is 2.73. The summed E-state index contributed by atoms with van der Waals surface area (Å²) in [5.41, 5.74) is 0.626. The maximum atomic E-state index is 13.2. The third kappa shape index (κ3) is 4.33. The average Bonchev–Trinajstić information content (AvgIpc) is 2.37. The van der Waals surface area contributed by atoms with Gasteiger partial charge < -0.3 is 15.2 Å². The van der Waals surface area contributed by atoms with E-state index in [0.717, 1.165) is 12.1 Å². The summed E-state index contributed by atoms with van der Waals surface area (Å²) >= 11 is 0. The number of nitrogens with one attached hydrogen (secondary N) is 1. The zero-order chi connectivity index (χ0) is 13.5. The van der Waals surface area contributed by atoms with Gasteiger partial charge in [-0.2, -0.15) is 0 Å². The van der Waals surface area contributed by atoms with Gasteiger partial charge in [-0.1, -0.05) is 13.0 Å². The van der Waals surface area contributed by atoms with E-state index in [0.29, 0.717) is 18.7 Å². The smallest absolute Gasteiger partial charge is 0.159 e. The van der Waals surface area contributed by atoms with Crippen LogP contribution in [-0.2, 0) is 4.74 Å². The fourth-order valence-electron chi connectivity index (χ4n) is 1.58. The van der Waals surface area contributed by atoms with E-state index >= 15 is 0 Å². The molecule has 1 aromatic rings. The molecule has 0 aliphatic carbocycles. The van der Waals surface area contributed by atoms with Crippen molar-refractivity contribution in [2.24, 2.45) is 5.92 Å². The van der Waals surface area contributed by atoms with E-state index in [2.05, 4.69) is 5.32 Å². The zero-order valence-electron chi connectivity index (χ0n) is 10.6. The minimum Gasteiger partial charge on any atom is -0.396 e. The standard InChI is InChI=1S/C13H19F2NO2/c1-9(7-17)6-16-13(8-18-2)10-3-4-11(14)12(15)5-10/h3-5,9,13,16-17H,6-8H2,1-2H3. The van der Waals surface area contributed by atoms with Gasteiger partial charge in [0.05, 0.1) is 12.6 Å². The number of hydrogen-bond acceptors (Lipinski definition) is 3. The number of halogens is 2. The lowest BCUT2D eigenvalue weighted by atomic mass is 10.1.